The fourth-order valence-corrected chi connectivity index (χ4v) is 2.01. The van der Waals surface area contributed by atoms with E-state index in [2.05, 4.69) is 15.8 Å². The van der Waals surface area contributed by atoms with E-state index in [1.807, 2.05) is 0 Å². The molecule has 2 N–H and O–H groups in total. The molecule has 0 radical (unpaired) electrons. The second-order valence-electron chi connectivity index (χ2n) is 5.02. The summed E-state index contributed by atoms with van der Waals surface area (Å²) in [4.78, 5) is 25.2. The standard InChI is InChI=1S/C13H20N4O4/c1-9-5-11(16-21-9)15-12(18)8-17(2)13(19)6-10-7-14-3-4-20-10/h5,10,14H,3-4,6-8H2,1-2H3,(H,15,16,18). The third-order valence-electron chi connectivity index (χ3n) is 3.11. The number of morpholine rings is 1. The number of aromatic nitrogens is 1. The van der Waals surface area contributed by atoms with E-state index >= 15 is 0 Å². The number of aryl methyl sites for hydroxylation is 1. The predicted molar refractivity (Wildman–Crippen MR) is 74.7 cm³/mol. The van der Waals surface area contributed by atoms with Crippen molar-refractivity contribution in [1.29, 1.82) is 0 Å². The second-order valence-corrected chi connectivity index (χ2v) is 5.02. The molecular formula is C13H20N4O4. The zero-order valence-electron chi connectivity index (χ0n) is 12.2. The number of hydrogen-bond acceptors (Lipinski definition) is 6. The van der Waals surface area contributed by atoms with Crippen LogP contribution >= 0.6 is 0 Å². The maximum Gasteiger partial charge on any atom is 0.245 e. The lowest BCUT2D eigenvalue weighted by Gasteiger charge is -2.25. The lowest BCUT2D eigenvalue weighted by molar-refractivity contribution is -0.136. The van der Waals surface area contributed by atoms with Gasteiger partial charge in [-0.15, -0.1) is 0 Å². The minimum atomic E-state index is -0.318. The first kappa shape index (κ1) is 15.5. The van der Waals surface area contributed by atoms with Gasteiger partial charge in [0.2, 0.25) is 11.8 Å². The molecule has 2 amide bonds. The van der Waals surface area contributed by atoms with Gasteiger partial charge in [-0.25, -0.2) is 0 Å². The molecule has 0 saturated carbocycles. The largest absolute Gasteiger partial charge is 0.375 e. The summed E-state index contributed by atoms with van der Waals surface area (Å²) in [6.45, 7) is 3.76. The molecule has 1 saturated heterocycles. The maximum absolute atomic E-state index is 12.0. The van der Waals surface area contributed by atoms with E-state index in [1.165, 1.54) is 4.90 Å². The molecule has 2 rings (SSSR count). The van der Waals surface area contributed by atoms with Gasteiger partial charge in [0.1, 0.15) is 5.76 Å². The van der Waals surface area contributed by atoms with Crippen LogP contribution in [0.4, 0.5) is 5.82 Å². The molecule has 1 aliphatic rings. The van der Waals surface area contributed by atoms with E-state index < -0.39 is 0 Å². The average Bonchev–Trinajstić information content (AvgIpc) is 2.84. The van der Waals surface area contributed by atoms with Crippen molar-refractivity contribution in [2.75, 3.05) is 38.6 Å². The van der Waals surface area contributed by atoms with Crippen LogP contribution in [0.2, 0.25) is 0 Å². The van der Waals surface area contributed by atoms with Gasteiger partial charge in [-0.1, -0.05) is 5.16 Å². The number of ether oxygens (including phenoxy) is 1. The molecule has 0 aliphatic carbocycles. The van der Waals surface area contributed by atoms with Crippen molar-refractivity contribution in [3.05, 3.63) is 11.8 Å². The van der Waals surface area contributed by atoms with Crippen LogP contribution in [0, 0.1) is 6.92 Å². The number of hydrogen-bond donors (Lipinski definition) is 2. The van der Waals surface area contributed by atoms with Crippen molar-refractivity contribution in [1.82, 2.24) is 15.4 Å². The highest BCUT2D eigenvalue weighted by Crippen LogP contribution is 2.07. The molecule has 1 unspecified atom stereocenters. The van der Waals surface area contributed by atoms with Gasteiger partial charge in [-0.3, -0.25) is 9.59 Å². The van der Waals surface area contributed by atoms with Crippen LogP contribution in [0.25, 0.3) is 0 Å². The third-order valence-corrected chi connectivity index (χ3v) is 3.11. The molecule has 1 aliphatic heterocycles. The molecule has 21 heavy (non-hydrogen) atoms. The summed E-state index contributed by atoms with van der Waals surface area (Å²) < 4.78 is 10.3. The van der Waals surface area contributed by atoms with Crippen LogP contribution in [0.15, 0.2) is 10.6 Å². The van der Waals surface area contributed by atoms with Crippen LogP contribution < -0.4 is 10.6 Å². The first-order valence-corrected chi connectivity index (χ1v) is 6.84. The van der Waals surface area contributed by atoms with Gasteiger partial charge in [-0.2, -0.15) is 0 Å². The Hall–Kier alpha value is -1.93. The molecule has 1 aromatic rings. The molecule has 0 aromatic carbocycles. The predicted octanol–water partition coefficient (Wildman–Crippen LogP) is -0.242. The summed E-state index contributed by atoms with van der Waals surface area (Å²) in [6.07, 6.45) is 0.134. The summed E-state index contributed by atoms with van der Waals surface area (Å²) in [5, 5.41) is 9.39. The average molecular weight is 296 g/mol. The van der Waals surface area contributed by atoms with Crippen molar-refractivity contribution >= 4 is 17.6 Å². The van der Waals surface area contributed by atoms with Gasteiger partial charge in [0, 0.05) is 26.2 Å². The Kier molecular flexibility index (Phi) is 5.29. The number of carbonyl (C=O) groups excluding carboxylic acids is 2. The Morgan fingerprint density at radius 1 is 1.57 bits per heavy atom. The SMILES string of the molecule is Cc1cc(NC(=O)CN(C)C(=O)CC2CNCCO2)no1. The number of nitrogens with zero attached hydrogens (tertiary/aromatic N) is 2. The topological polar surface area (TPSA) is 96.7 Å². The molecule has 1 aromatic heterocycles. The van der Waals surface area contributed by atoms with E-state index in [1.54, 1.807) is 20.0 Å². The van der Waals surface area contributed by atoms with E-state index in [0.717, 1.165) is 6.54 Å². The summed E-state index contributed by atoms with van der Waals surface area (Å²) in [6, 6.07) is 1.61. The lowest BCUT2D eigenvalue weighted by Crippen LogP contribution is -2.43. The van der Waals surface area contributed by atoms with E-state index in [4.69, 9.17) is 9.26 Å². The minimum Gasteiger partial charge on any atom is -0.375 e. The molecule has 1 fully saturated rings. The molecule has 1 atom stereocenters. The van der Waals surface area contributed by atoms with Gasteiger partial charge >= 0.3 is 0 Å². The van der Waals surface area contributed by atoms with E-state index in [9.17, 15) is 9.59 Å². The van der Waals surface area contributed by atoms with Crippen molar-refractivity contribution in [2.24, 2.45) is 0 Å². The van der Waals surface area contributed by atoms with Gasteiger partial charge in [-0.05, 0) is 6.92 Å². The second kappa shape index (κ2) is 7.19. The van der Waals surface area contributed by atoms with Gasteiger partial charge in [0.25, 0.3) is 0 Å². The fraction of sp³-hybridized carbons (Fsp3) is 0.615. The Morgan fingerprint density at radius 3 is 3.00 bits per heavy atom. The molecule has 8 nitrogen and oxygen atoms in total. The van der Waals surface area contributed by atoms with Crippen molar-refractivity contribution in [2.45, 2.75) is 19.4 Å². The Morgan fingerprint density at radius 2 is 2.38 bits per heavy atom. The molecule has 8 heteroatoms. The van der Waals surface area contributed by atoms with Crippen molar-refractivity contribution in [3.63, 3.8) is 0 Å². The zero-order chi connectivity index (χ0) is 15.2. The Balaban J connectivity index is 1.75. The summed E-state index contributed by atoms with van der Waals surface area (Å²) >= 11 is 0. The normalized spacial score (nSPS) is 18.3. The van der Waals surface area contributed by atoms with Crippen LogP contribution in [-0.2, 0) is 14.3 Å². The number of amides is 2. The van der Waals surface area contributed by atoms with Gasteiger partial charge in [0.05, 0.1) is 25.7 Å². The smallest absolute Gasteiger partial charge is 0.245 e. The zero-order valence-corrected chi connectivity index (χ0v) is 12.2. The number of likely N-dealkylation sites (N-methyl/N-ethyl adjacent to an activating group) is 1. The summed E-state index contributed by atoms with van der Waals surface area (Å²) in [5.41, 5.74) is 0. The van der Waals surface area contributed by atoms with Crippen LogP contribution in [-0.4, -0.2) is 61.3 Å². The highest BCUT2D eigenvalue weighted by atomic mass is 16.5. The van der Waals surface area contributed by atoms with Crippen LogP contribution in [0.1, 0.15) is 12.2 Å². The van der Waals surface area contributed by atoms with Gasteiger partial charge in [0.15, 0.2) is 5.82 Å². The first-order valence-electron chi connectivity index (χ1n) is 6.84. The summed E-state index contributed by atoms with van der Waals surface area (Å²) in [5.74, 6) is 0.506. The maximum atomic E-state index is 12.0. The Bertz CT molecular complexity index is 496. The Labute approximate surface area is 122 Å². The van der Waals surface area contributed by atoms with Gasteiger partial charge < -0.3 is 24.8 Å². The van der Waals surface area contributed by atoms with E-state index in [-0.39, 0.29) is 30.9 Å². The van der Waals surface area contributed by atoms with Crippen LogP contribution in [0.3, 0.4) is 0 Å². The van der Waals surface area contributed by atoms with Crippen LogP contribution in [0.5, 0.6) is 0 Å². The molecule has 0 spiro atoms. The fourth-order valence-electron chi connectivity index (χ4n) is 2.01. The number of carbonyl (C=O) groups is 2. The highest BCUT2D eigenvalue weighted by Gasteiger charge is 2.21. The number of rotatable bonds is 5. The monoisotopic (exact) mass is 296 g/mol. The molecule has 116 valence electrons. The lowest BCUT2D eigenvalue weighted by atomic mass is 10.2. The highest BCUT2D eigenvalue weighted by molar-refractivity contribution is 5.93. The third kappa shape index (κ3) is 4.83. The number of anilines is 1. The molecule has 0 bridgehead atoms. The van der Waals surface area contributed by atoms with Crippen molar-refractivity contribution < 1.29 is 18.8 Å². The summed E-state index contributed by atoms with van der Waals surface area (Å²) in [7, 11) is 1.59. The van der Waals surface area contributed by atoms with Crippen molar-refractivity contribution in [3.8, 4) is 0 Å². The van der Waals surface area contributed by atoms with E-state index in [0.29, 0.717) is 24.7 Å². The number of nitrogens with one attached hydrogen (secondary N) is 2. The molecule has 2 heterocycles. The quantitative estimate of drug-likeness (QED) is 0.778. The minimum absolute atomic E-state index is 0.0368. The first-order chi connectivity index (χ1) is 10.0. The molecular weight excluding hydrogens is 276 g/mol.